The number of aryl methyl sites for hydroxylation is 1. The lowest BCUT2D eigenvalue weighted by Gasteiger charge is -2.10. The van der Waals surface area contributed by atoms with Gasteiger partial charge in [-0.1, -0.05) is 6.92 Å². The van der Waals surface area contributed by atoms with Gasteiger partial charge >= 0.3 is 0 Å². The molecule has 20 heavy (non-hydrogen) atoms. The summed E-state index contributed by atoms with van der Waals surface area (Å²) in [5, 5.41) is 0. The zero-order chi connectivity index (χ0) is 14.7. The predicted octanol–water partition coefficient (Wildman–Crippen LogP) is 1.82. The highest BCUT2D eigenvalue weighted by Crippen LogP contribution is 2.26. The summed E-state index contributed by atoms with van der Waals surface area (Å²) in [5.74, 6) is 1.52. The van der Waals surface area contributed by atoms with Crippen molar-refractivity contribution in [3.8, 4) is 11.6 Å². The third-order valence-electron chi connectivity index (χ3n) is 2.85. The Bertz CT molecular complexity index is 638. The van der Waals surface area contributed by atoms with Crippen molar-refractivity contribution in [2.75, 3.05) is 5.73 Å². The number of anilines is 1. The molecule has 1 aromatic heterocycles. The fourth-order valence-electron chi connectivity index (χ4n) is 1.61. The van der Waals surface area contributed by atoms with Crippen molar-refractivity contribution in [3.63, 3.8) is 0 Å². The molecule has 0 atom stereocenters. The molecule has 6 heteroatoms. The van der Waals surface area contributed by atoms with Crippen LogP contribution in [-0.2, 0) is 6.42 Å². The van der Waals surface area contributed by atoms with E-state index in [1.165, 1.54) is 0 Å². The molecule has 1 heterocycles. The van der Waals surface area contributed by atoms with E-state index in [4.69, 9.17) is 16.2 Å². The van der Waals surface area contributed by atoms with Gasteiger partial charge in [0, 0.05) is 12.0 Å². The number of nitrogens with zero attached hydrogens (tertiary/aromatic N) is 2. The van der Waals surface area contributed by atoms with Gasteiger partial charge in [-0.05, 0) is 31.2 Å². The summed E-state index contributed by atoms with van der Waals surface area (Å²) in [4.78, 5) is 19.5. The average molecular weight is 272 g/mol. The number of carbonyl (C=O) groups is 1. The zero-order valence-corrected chi connectivity index (χ0v) is 11.4. The van der Waals surface area contributed by atoms with Crippen molar-refractivity contribution < 1.29 is 9.53 Å². The Labute approximate surface area is 116 Å². The Morgan fingerprint density at radius 3 is 2.45 bits per heavy atom. The van der Waals surface area contributed by atoms with Gasteiger partial charge < -0.3 is 16.2 Å². The number of hydrogen-bond acceptors (Lipinski definition) is 5. The van der Waals surface area contributed by atoms with E-state index < -0.39 is 5.91 Å². The average Bonchev–Trinajstić information content (AvgIpc) is 2.44. The Balaban J connectivity index is 2.29. The minimum atomic E-state index is -0.479. The summed E-state index contributed by atoms with van der Waals surface area (Å²) in [5.41, 5.74) is 12.1. The molecule has 104 valence electrons. The van der Waals surface area contributed by atoms with Crippen LogP contribution in [0.1, 0.15) is 28.7 Å². The van der Waals surface area contributed by atoms with E-state index in [2.05, 4.69) is 9.97 Å². The Morgan fingerprint density at radius 1 is 1.25 bits per heavy atom. The van der Waals surface area contributed by atoms with Crippen molar-refractivity contribution in [3.05, 3.63) is 41.2 Å². The first kappa shape index (κ1) is 13.8. The van der Waals surface area contributed by atoms with Gasteiger partial charge in [-0.2, -0.15) is 4.98 Å². The number of carbonyl (C=O) groups excluding carboxylic acids is 1. The number of amides is 1. The van der Waals surface area contributed by atoms with E-state index in [-0.39, 0.29) is 0 Å². The second kappa shape index (κ2) is 5.56. The number of nitrogens with two attached hydrogens (primary N) is 2. The Kier molecular flexibility index (Phi) is 3.84. The van der Waals surface area contributed by atoms with Crippen molar-refractivity contribution in [2.45, 2.75) is 20.3 Å². The number of primary amides is 1. The van der Waals surface area contributed by atoms with Crippen LogP contribution in [0.25, 0.3) is 0 Å². The van der Waals surface area contributed by atoms with Crippen LogP contribution in [0.5, 0.6) is 11.6 Å². The van der Waals surface area contributed by atoms with E-state index in [1.54, 1.807) is 31.2 Å². The predicted molar refractivity (Wildman–Crippen MR) is 75.6 cm³/mol. The largest absolute Gasteiger partial charge is 0.439 e. The summed E-state index contributed by atoms with van der Waals surface area (Å²) < 4.78 is 5.68. The molecular weight excluding hydrogens is 256 g/mol. The molecule has 0 fully saturated rings. The minimum Gasteiger partial charge on any atom is -0.439 e. The minimum absolute atomic E-state index is 0.403. The SMILES string of the molecule is CCc1nc(N)c(C)c(Oc2ccc(C(N)=O)cc2)n1. The molecule has 0 bridgehead atoms. The first-order chi connectivity index (χ1) is 9.51. The fraction of sp³-hybridized carbons (Fsp3) is 0.214. The molecule has 1 aromatic carbocycles. The highest BCUT2D eigenvalue weighted by molar-refractivity contribution is 5.92. The van der Waals surface area contributed by atoms with E-state index in [0.29, 0.717) is 40.8 Å². The second-order valence-electron chi connectivity index (χ2n) is 4.30. The number of rotatable bonds is 4. The summed E-state index contributed by atoms with van der Waals surface area (Å²) in [6.07, 6.45) is 0.668. The molecule has 0 radical (unpaired) electrons. The molecule has 0 aliphatic carbocycles. The van der Waals surface area contributed by atoms with Crippen LogP contribution in [0.3, 0.4) is 0 Å². The van der Waals surface area contributed by atoms with Crippen LogP contribution in [-0.4, -0.2) is 15.9 Å². The first-order valence-corrected chi connectivity index (χ1v) is 6.22. The third kappa shape index (κ3) is 2.85. The molecule has 2 rings (SSSR count). The number of benzene rings is 1. The van der Waals surface area contributed by atoms with Crippen molar-refractivity contribution in [1.29, 1.82) is 0 Å². The number of ether oxygens (including phenoxy) is 1. The molecule has 4 N–H and O–H groups in total. The molecule has 0 aliphatic heterocycles. The smallest absolute Gasteiger partial charge is 0.248 e. The number of nitrogen functional groups attached to an aromatic ring is 1. The highest BCUT2D eigenvalue weighted by atomic mass is 16.5. The van der Waals surface area contributed by atoms with Crippen molar-refractivity contribution >= 4 is 11.7 Å². The normalized spacial score (nSPS) is 10.3. The quantitative estimate of drug-likeness (QED) is 0.883. The van der Waals surface area contributed by atoms with Gasteiger partial charge in [0.2, 0.25) is 11.8 Å². The number of aromatic nitrogens is 2. The molecular formula is C14H16N4O2. The summed E-state index contributed by atoms with van der Waals surface area (Å²) in [6, 6.07) is 6.50. The highest BCUT2D eigenvalue weighted by Gasteiger charge is 2.10. The van der Waals surface area contributed by atoms with Gasteiger partial charge in [0.15, 0.2) is 0 Å². The van der Waals surface area contributed by atoms with Crippen LogP contribution in [0.2, 0.25) is 0 Å². The molecule has 2 aromatic rings. The molecule has 0 saturated carbocycles. The van der Waals surface area contributed by atoms with Crippen LogP contribution in [0.15, 0.2) is 24.3 Å². The molecule has 1 amide bonds. The monoisotopic (exact) mass is 272 g/mol. The van der Waals surface area contributed by atoms with Crippen molar-refractivity contribution in [2.24, 2.45) is 5.73 Å². The fourth-order valence-corrected chi connectivity index (χ4v) is 1.61. The van der Waals surface area contributed by atoms with Gasteiger partial charge in [0.1, 0.15) is 17.4 Å². The maximum atomic E-state index is 11.0. The lowest BCUT2D eigenvalue weighted by Crippen LogP contribution is -2.10. The Hall–Kier alpha value is -2.63. The van der Waals surface area contributed by atoms with E-state index in [9.17, 15) is 4.79 Å². The summed E-state index contributed by atoms with van der Waals surface area (Å²) in [6.45, 7) is 3.73. The Morgan fingerprint density at radius 2 is 1.90 bits per heavy atom. The standard InChI is InChI=1S/C14H16N4O2/c1-3-11-17-12(15)8(2)14(18-11)20-10-6-4-9(5-7-10)13(16)19/h4-7H,3H2,1-2H3,(H2,16,19)(H2,15,17,18). The summed E-state index contributed by atoms with van der Waals surface area (Å²) in [7, 11) is 0. The van der Waals surface area contributed by atoms with Crippen LogP contribution >= 0.6 is 0 Å². The van der Waals surface area contributed by atoms with E-state index >= 15 is 0 Å². The van der Waals surface area contributed by atoms with Gasteiger partial charge in [-0.25, -0.2) is 4.98 Å². The van der Waals surface area contributed by atoms with Crippen LogP contribution < -0.4 is 16.2 Å². The topological polar surface area (TPSA) is 104 Å². The second-order valence-corrected chi connectivity index (χ2v) is 4.30. The third-order valence-corrected chi connectivity index (χ3v) is 2.85. The van der Waals surface area contributed by atoms with Gasteiger partial charge in [0.25, 0.3) is 0 Å². The van der Waals surface area contributed by atoms with Crippen LogP contribution in [0, 0.1) is 6.92 Å². The van der Waals surface area contributed by atoms with E-state index in [0.717, 1.165) is 0 Å². The molecule has 0 saturated heterocycles. The number of hydrogen-bond donors (Lipinski definition) is 2. The lowest BCUT2D eigenvalue weighted by molar-refractivity contribution is 0.100. The van der Waals surface area contributed by atoms with Gasteiger partial charge in [-0.3, -0.25) is 4.79 Å². The molecule has 0 aliphatic rings. The van der Waals surface area contributed by atoms with Gasteiger partial charge in [-0.15, -0.1) is 0 Å². The zero-order valence-electron chi connectivity index (χ0n) is 11.4. The lowest BCUT2D eigenvalue weighted by atomic mass is 10.2. The van der Waals surface area contributed by atoms with Crippen molar-refractivity contribution in [1.82, 2.24) is 9.97 Å². The maximum Gasteiger partial charge on any atom is 0.248 e. The molecule has 6 nitrogen and oxygen atoms in total. The summed E-state index contributed by atoms with van der Waals surface area (Å²) >= 11 is 0. The molecule has 0 spiro atoms. The first-order valence-electron chi connectivity index (χ1n) is 6.22. The van der Waals surface area contributed by atoms with Gasteiger partial charge in [0.05, 0.1) is 5.56 Å². The van der Waals surface area contributed by atoms with E-state index in [1.807, 2.05) is 6.92 Å². The van der Waals surface area contributed by atoms with Crippen LogP contribution in [0.4, 0.5) is 5.82 Å². The molecule has 0 unspecified atom stereocenters. The maximum absolute atomic E-state index is 11.0.